The van der Waals surface area contributed by atoms with E-state index in [4.69, 9.17) is 10.5 Å². The third-order valence-corrected chi connectivity index (χ3v) is 3.81. The van der Waals surface area contributed by atoms with Crippen LogP contribution in [0.3, 0.4) is 0 Å². The van der Waals surface area contributed by atoms with Gasteiger partial charge in [-0.05, 0) is 53.2 Å². The smallest absolute Gasteiger partial charge is 0.258 e. The van der Waals surface area contributed by atoms with Crippen LogP contribution in [0.5, 0.6) is 5.75 Å². The van der Waals surface area contributed by atoms with Crippen molar-refractivity contribution in [1.29, 1.82) is 0 Å². The van der Waals surface area contributed by atoms with E-state index in [0.29, 0.717) is 23.5 Å². The minimum absolute atomic E-state index is 0.0984. The van der Waals surface area contributed by atoms with Crippen LogP contribution in [0, 0.1) is 0 Å². The Morgan fingerprint density at radius 2 is 2.00 bits per heavy atom. The molecule has 0 radical (unpaired) electrons. The first-order valence-electron chi connectivity index (χ1n) is 6.58. The SMILES string of the molecule is CCN(C(=O)c1ccc(OC)c(Br)c1)c1ccccc1N. The second-order valence-corrected chi connectivity index (χ2v) is 5.31. The Balaban J connectivity index is 2.37. The minimum atomic E-state index is -0.0984. The number of rotatable bonds is 4. The third kappa shape index (κ3) is 3.19. The number of anilines is 2. The summed E-state index contributed by atoms with van der Waals surface area (Å²) in [6.45, 7) is 2.46. The molecule has 4 nitrogen and oxygen atoms in total. The van der Waals surface area contributed by atoms with E-state index in [0.717, 1.165) is 10.2 Å². The molecule has 21 heavy (non-hydrogen) atoms. The number of amides is 1. The van der Waals surface area contributed by atoms with E-state index in [2.05, 4.69) is 15.9 Å². The second-order valence-electron chi connectivity index (χ2n) is 4.46. The fourth-order valence-electron chi connectivity index (χ4n) is 2.11. The molecule has 0 fully saturated rings. The van der Waals surface area contributed by atoms with Gasteiger partial charge in [-0.2, -0.15) is 0 Å². The molecule has 0 aromatic heterocycles. The molecule has 0 spiro atoms. The summed E-state index contributed by atoms with van der Waals surface area (Å²) in [6.07, 6.45) is 0. The lowest BCUT2D eigenvalue weighted by atomic mass is 10.1. The summed E-state index contributed by atoms with van der Waals surface area (Å²) in [6, 6.07) is 12.6. The van der Waals surface area contributed by atoms with Crippen molar-refractivity contribution in [2.45, 2.75) is 6.92 Å². The number of benzene rings is 2. The zero-order valence-corrected chi connectivity index (χ0v) is 13.6. The lowest BCUT2D eigenvalue weighted by Gasteiger charge is -2.23. The zero-order valence-electron chi connectivity index (χ0n) is 12.0. The van der Waals surface area contributed by atoms with Crippen LogP contribution in [-0.2, 0) is 0 Å². The van der Waals surface area contributed by atoms with E-state index in [-0.39, 0.29) is 5.91 Å². The average Bonchev–Trinajstić information content (AvgIpc) is 2.49. The van der Waals surface area contributed by atoms with Crippen molar-refractivity contribution in [3.05, 3.63) is 52.5 Å². The highest BCUT2D eigenvalue weighted by Crippen LogP contribution is 2.28. The molecule has 2 rings (SSSR count). The lowest BCUT2D eigenvalue weighted by molar-refractivity contribution is 0.0988. The van der Waals surface area contributed by atoms with Gasteiger partial charge in [0.1, 0.15) is 5.75 Å². The maximum absolute atomic E-state index is 12.7. The van der Waals surface area contributed by atoms with Gasteiger partial charge in [-0.15, -0.1) is 0 Å². The highest BCUT2D eigenvalue weighted by molar-refractivity contribution is 9.10. The molecule has 0 bridgehead atoms. The van der Waals surface area contributed by atoms with Crippen LogP contribution < -0.4 is 15.4 Å². The molecule has 5 heteroatoms. The number of methoxy groups -OCH3 is 1. The van der Waals surface area contributed by atoms with Crippen molar-refractivity contribution in [2.24, 2.45) is 0 Å². The summed E-state index contributed by atoms with van der Waals surface area (Å²) < 4.78 is 5.92. The summed E-state index contributed by atoms with van der Waals surface area (Å²) in [5, 5.41) is 0. The summed E-state index contributed by atoms with van der Waals surface area (Å²) in [5.41, 5.74) is 7.84. The van der Waals surface area contributed by atoms with Crippen LogP contribution in [0.25, 0.3) is 0 Å². The van der Waals surface area contributed by atoms with Gasteiger partial charge in [0.2, 0.25) is 0 Å². The van der Waals surface area contributed by atoms with E-state index >= 15 is 0 Å². The molecule has 0 aliphatic rings. The van der Waals surface area contributed by atoms with Crippen LogP contribution in [0.2, 0.25) is 0 Å². The van der Waals surface area contributed by atoms with Crippen molar-refractivity contribution in [2.75, 3.05) is 24.3 Å². The Morgan fingerprint density at radius 1 is 1.29 bits per heavy atom. The molecule has 2 N–H and O–H groups in total. The Morgan fingerprint density at radius 3 is 2.57 bits per heavy atom. The van der Waals surface area contributed by atoms with E-state index in [1.807, 2.05) is 25.1 Å². The van der Waals surface area contributed by atoms with Gasteiger partial charge in [0.05, 0.1) is 23.0 Å². The Kier molecular flexibility index (Phi) is 4.85. The Labute approximate surface area is 132 Å². The molecule has 0 saturated heterocycles. The maximum Gasteiger partial charge on any atom is 0.258 e. The number of para-hydroxylation sites is 2. The number of nitrogens with zero attached hydrogens (tertiary/aromatic N) is 1. The van der Waals surface area contributed by atoms with Gasteiger partial charge in [0.15, 0.2) is 0 Å². The molecule has 0 saturated carbocycles. The summed E-state index contributed by atoms with van der Waals surface area (Å²) in [7, 11) is 1.59. The van der Waals surface area contributed by atoms with Crippen LogP contribution in [0.15, 0.2) is 46.9 Å². The number of nitrogens with two attached hydrogens (primary N) is 1. The van der Waals surface area contributed by atoms with Crippen LogP contribution in [0.1, 0.15) is 17.3 Å². The van der Waals surface area contributed by atoms with E-state index in [1.54, 1.807) is 36.3 Å². The van der Waals surface area contributed by atoms with Gasteiger partial charge in [-0.3, -0.25) is 4.79 Å². The van der Waals surface area contributed by atoms with Gasteiger partial charge < -0.3 is 15.4 Å². The first kappa shape index (κ1) is 15.4. The Hall–Kier alpha value is -2.01. The van der Waals surface area contributed by atoms with Crippen molar-refractivity contribution >= 4 is 33.2 Å². The van der Waals surface area contributed by atoms with Crippen LogP contribution in [-0.4, -0.2) is 19.6 Å². The number of hydrogen-bond acceptors (Lipinski definition) is 3. The molecule has 0 aliphatic carbocycles. The average molecular weight is 349 g/mol. The number of halogens is 1. The Bertz CT molecular complexity index is 658. The first-order chi connectivity index (χ1) is 10.1. The van der Waals surface area contributed by atoms with Crippen molar-refractivity contribution in [3.63, 3.8) is 0 Å². The fraction of sp³-hybridized carbons (Fsp3) is 0.188. The predicted octanol–water partition coefficient (Wildman–Crippen LogP) is 3.71. The molecule has 0 aliphatic heterocycles. The maximum atomic E-state index is 12.7. The number of ether oxygens (including phenoxy) is 1. The summed E-state index contributed by atoms with van der Waals surface area (Å²) in [4.78, 5) is 14.3. The molecule has 110 valence electrons. The number of carbonyl (C=O) groups is 1. The van der Waals surface area contributed by atoms with Gasteiger partial charge in [-0.1, -0.05) is 12.1 Å². The first-order valence-corrected chi connectivity index (χ1v) is 7.37. The molecular weight excluding hydrogens is 332 g/mol. The van der Waals surface area contributed by atoms with Gasteiger partial charge in [0.25, 0.3) is 5.91 Å². The molecule has 1 amide bonds. The van der Waals surface area contributed by atoms with Crippen molar-refractivity contribution < 1.29 is 9.53 Å². The zero-order chi connectivity index (χ0) is 15.4. The molecule has 2 aromatic carbocycles. The van der Waals surface area contributed by atoms with Gasteiger partial charge in [0, 0.05) is 12.1 Å². The molecule has 2 aromatic rings. The van der Waals surface area contributed by atoms with Crippen LogP contribution >= 0.6 is 15.9 Å². The van der Waals surface area contributed by atoms with Crippen molar-refractivity contribution in [1.82, 2.24) is 0 Å². The number of nitrogen functional groups attached to an aromatic ring is 1. The normalized spacial score (nSPS) is 10.2. The monoisotopic (exact) mass is 348 g/mol. The van der Waals surface area contributed by atoms with E-state index in [1.165, 1.54) is 0 Å². The second kappa shape index (κ2) is 6.63. The van der Waals surface area contributed by atoms with E-state index < -0.39 is 0 Å². The molecule has 0 unspecified atom stereocenters. The highest BCUT2D eigenvalue weighted by Gasteiger charge is 2.18. The fourth-order valence-corrected chi connectivity index (χ4v) is 2.65. The minimum Gasteiger partial charge on any atom is -0.496 e. The highest BCUT2D eigenvalue weighted by atomic mass is 79.9. The van der Waals surface area contributed by atoms with Crippen LogP contribution in [0.4, 0.5) is 11.4 Å². The third-order valence-electron chi connectivity index (χ3n) is 3.19. The largest absolute Gasteiger partial charge is 0.496 e. The molecule has 0 heterocycles. The quantitative estimate of drug-likeness (QED) is 0.857. The summed E-state index contributed by atoms with van der Waals surface area (Å²) in [5.74, 6) is 0.590. The van der Waals surface area contributed by atoms with Gasteiger partial charge in [-0.25, -0.2) is 0 Å². The number of hydrogen-bond donors (Lipinski definition) is 1. The number of carbonyl (C=O) groups excluding carboxylic acids is 1. The lowest BCUT2D eigenvalue weighted by Crippen LogP contribution is -2.31. The standard InChI is InChI=1S/C16H17BrN2O2/c1-3-19(14-7-5-4-6-13(14)18)16(20)11-8-9-15(21-2)12(17)10-11/h4-10H,3,18H2,1-2H3. The van der Waals surface area contributed by atoms with Gasteiger partial charge >= 0.3 is 0 Å². The topological polar surface area (TPSA) is 55.6 Å². The van der Waals surface area contributed by atoms with E-state index in [9.17, 15) is 4.79 Å². The predicted molar refractivity (Wildman–Crippen MR) is 88.9 cm³/mol. The van der Waals surface area contributed by atoms with Crippen molar-refractivity contribution in [3.8, 4) is 5.75 Å². The molecule has 0 atom stereocenters. The summed E-state index contributed by atoms with van der Waals surface area (Å²) >= 11 is 3.40. The molecular formula is C16H17BrN2O2.